The summed E-state index contributed by atoms with van der Waals surface area (Å²) in [7, 11) is 0. The van der Waals surface area contributed by atoms with Crippen LogP contribution in [0.5, 0.6) is 0 Å². The largest absolute Gasteiger partial charge is 0.395 e. The van der Waals surface area contributed by atoms with Gasteiger partial charge < -0.3 is 15.1 Å². The zero-order chi connectivity index (χ0) is 15.7. The molecule has 114 valence electrons. The highest BCUT2D eigenvalue weighted by molar-refractivity contribution is 5.96. The van der Waals surface area contributed by atoms with Gasteiger partial charge in [0, 0.05) is 24.2 Å². The Hall–Kier alpha value is -1.83. The summed E-state index contributed by atoms with van der Waals surface area (Å²) >= 11 is 0. The zero-order valence-corrected chi connectivity index (χ0v) is 12.7. The second-order valence-corrected chi connectivity index (χ2v) is 4.81. The Morgan fingerprint density at radius 2 is 2.05 bits per heavy atom. The lowest BCUT2D eigenvalue weighted by molar-refractivity contribution is 0.0718. The Bertz CT molecular complexity index is 529. The lowest BCUT2D eigenvalue weighted by Gasteiger charge is -2.22. The Labute approximate surface area is 126 Å². The molecule has 0 aliphatic rings. The zero-order valence-electron chi connectivity index (χ0n) is 12.7. The van der Waals surface area contributed by atoms with E-state index in [4.69, 9.17) is 10.2 Å². The van der Waals surface area contributed by atoms with Crippen molar-refractivity contribution < 1.29 is 15.0 Å². The summed E-state index contributed by atoms with van der Waals surface area (Å²) in [5, 5.41) is 17.9. The van der Waals surface area contributed by atoms with Gasteiger partial charge in [-0.2, -0.15) is 0 Å². The highest BCUT2D eigenvalue weighted by atomic mass is 16.3. The van der Waals surface area contributed by atoms with Gasteiger partial charge in [0.05, 0.1) is 6.61 Å². The first-order valence-electron chi connectivity index (χ1n) is 7.25. The van der Waals surface area contributed by atoms with Gasteiger partial charge >= 0.3 is 0 Å². The summed E-state index contributed by atoms with van der Waals surface area (Å²) in [4.78, 5) is 14.3. The van der Waals surface area contributed by atoms with E-state index in [1.54, 1.807) is 17.0 Å². The Morgan fingerprint density at radius 3 is 2.67 bits per heavy atom. The minimum absolute atomic E-state index is 0.0431. The van der Waals surface area contributed by atoms with Crippen molar-refractivity contribution in [3.8, 4) is 11.8 Å². The molecule has 0 saturated carbocycles. The van der Waals surface area contributed by atoms with E-state index in [9.17, 15) is 4.79 Å². The summed E-state index contributed by atoms with van der Waals surface area (Å²) in [6.07, 6.45) is 1.91. The molecule has 0 aromatic heterocycles. The fourth-order valence-corrected chi connectivity index (χ4v) is 2.09. The summed E-state index contributed by atoms with van der Waals surface area (Å²) < 4.78 is 0. The van der Waals surface area contributed by atoms with E-state index in [0.717, 1.165) is 24.0 Å². The molecule has 0 aliphatic carbocycles. The predicted molar refractivity (Wildman–Crippen MR) is 83.0 cm³/mol. The third-order valence-electron chi connectivity index (χ3n) is 3.31. The molecule has 1 aromatic rings. The number of amides is 1. The molecule has 0 atom stereocenters. The van der Waals surface area contributed by atoms with E-state index in [1.807, 2.05) is 13.0 Å². The van der Waals surface area contributed by atoms with Crippen LogP contribution >= 0.6 is 0 Å². The van der Waals surface area contributed by atoms with Gasteiger partial charge in [0.15, 0.2) is 0 Å². The number of nitrogens with zero attached hydrogens (tertiary/aromatic N) is 1. The van der Waals surface area contributed by atoms with E-state index < -0.39 is 0 Å². The molecular weight excluding hydrogens is 266 g/mol. The summed E-state index contributed by atoms with van der Waals surface area (Å²) in [6, 6.07) is 5.40. The molecular formula is C17H23NO3. The van der Waals surface area contributed by atoms with Crippen LogP contribution < -0.4 is 0 Å². The number of hydrogen-bond donors (Lipinski definition) is 2. The first kappa shape index (κ1) is 17.2. The third kappa shape index (κ3) is 4.89. The third-order valence-corrected chi connectivity index (χ3v) is 3.31. The van der Waals surface area contributed by atoms with E-state index in [0.29, 0.717) is 18.7 Å². The second-order valence-electron chi connectivity index (χ2n) is 4.81. The van der Waals surface area contributed by atoms with Crippen LogP contribution in [-0.4, -0.2) is 47.3 Å². The van der Waals surface area contributed by atoms with Gasteiger partial charge in [0.2, 0.25) is 0 Å². The molecule has 4 heteroatoms. The maximum absolute atomic E-state index is 12.6. The van der Waals surface area contributed by atoms with Crippen molar-refractivity contribution in [2.24, 2.45) is 0 Å². The molecule has 0 aliphatic heterocycles. The molecule has 1 amide bonds. The minimum atomic E-state index is -0.204. The fourth-order valence-electron chi connectivity index (χ4n) is 2.09. The van der Waals surface area contributed by atoms with Gasteiger partial charge in [0.25, 0.3) is 5.91 Å². The van der Waals surface area contributed by atoms with Crippen LogP contribution in [0.15, 0.2) is 18.2 Å². The van der Waals surface area contributed by atoms with Crippen molar-refractivity contribution >= 4 is 5.91 Å². The summed E-state index contributed by atoms with van der Waals surface area (Å²) in [6.45, 7) is 4.65. The fraction of sp³-hybridized carbons (Fsp3) is 0.471. The number of carbonyl (C=O) groups excluding carboxylic acids is 1. The maximum Gasteiger partial charge on any atom is 0.254 e. The molecule has 0 saturated heterocycles. The molecule has 0 spiro atoms. The van der Waals surface area contributed by atoms with Crippen LogP contribution in [0.25, 0.3) is 0 Å². The number of aliphatic hydroxyl groups is 2. The average molecular weight is 289 g/mol. The standard InChI is InChI=1S/C17H23NO3/c1-3-4-10-18(11-13-20)17(21)16-9-5-7-15(14(16)2)8-6-12-19/h5,7,9,19-20H,3-4,10-13H2,1-2H3. The van der Waals surface area contributed by atoms with Crippen LogP contribution in [0.2, 0.25) is 0 Å². The Morgan fingerprint density at radius 1 is 1.29 bits per heavy atom. The van der Waals surface area contributed by atoms with E-state index >= 15 is 0 Å². The molecule has 0 bridgehead atoms. The Balaban J connectivity index is 3.04. The number of hydrogen-bond acceptors (Lipinski definition) is 3. The number of carbonyl (C=O) groups is 1. The SMILES string of the molecule is CCCCN(CCO)C(=O)c1cccc(C#CCO)c1C. The lowest BCUT2D eigenvalue weighted by Crippen LogP contribution is -2.35. The van der Waals surface area contributed by atoms with Gasteiger partial charge in [-0.3, -0.25) is 4.79 Å². The van der Waals surface area contributed by atoms with Crippen LogP contribution in [0, 0.1) is 18.8 Å². The lowest BCUT2D eigenvalue weighted by atomic mass is 10.0. The van der Waals surface area contributed by atoms with Crippen LogP contribution in [0.1, 0.15) is 41.3 Å². The number of rotatable bonds is 6. The molecule has 0 heterocycles. The van der Waals surface area contributed by atoms with Gasteiger partial charge in [-0.05, 0) is 31.0 Å². The van der Waals surface area contributed by atoms with Crippen molar-refractivity contribution in [1.82, 2.24) is 4.90 Å². The highest BCUT2D eigenvalue weighted by Gasteiger charge is 2.17. The van der Waals surface area contributed by atoms with Crippen molar-refractivity contribution in [2.45, 2.75) is 26.7 Å². The molecule has 0 radical (unpaired) electrons. The van der Waals surface area contributed by atoms with Crippen molar-refractivity contribution in [2.75, 3.05) is 26.3 Å². The highest BCUT2D eigenvalue weighted by Crippen LogP contribution is 2.15. The molecule has 0 fully saturated rings. The van der Waals surface area contributed by atoms with E-state index in [1.165, 1.54) is 0 Å². The van der Waals surface area contributed by atoms with E-state index in [2.05, 4.69) is 18.8 Å². The average Bonchev–Trinajstić information content (AvgIpc) is 2.50. The van der Waals surface area contributed by atoms with Crippen molar-refractivity contribution in [1.29, 1.82) is 0 Å². The molecule has 2 N–H and O–H groups in total. The van der Waals surface area contributed by atoms with Crippen LogP contribution in [0.3, 0.4) is 0 Å². The molecule has 1 rings (SSSR count). The van der Waals surface area contributed by atoms with Crippen molar-refractivity contribution in [3.05, 3.63) is 34.9 Å². The molecule has 21 heavy (non-hydrogen) atoms. The predicted octanol–water partition coefficient (Wildman–Crippen LogP) is 1.57. The molecule has 4 nitrogen and oxygen atoms in total. The number of unbranched alkanes of at least 4 members (excludes halogenated alkanes) is 1. The van der Waals surface area contributed by atoms with Crippen LogP contribution in [-0.2, 0) is 0 Å². The van der Waals surface area contributed by atoms with Gasteiger partial charge in [-0.15, -0.1) is 0 Å². The molecule has 1 aromatic carbocycles. The van der Waals surface area contributed by atoms with Crippen LogP contribution in [0.4, 0.5) is 0 Å². The minimum Gasteiger partial charge on any atom is -0.395 e. The van der Waals surface area contributed by atoms with Gasteiger partial charge in [-0.25, -0.2) is 0 Å². The van der Waals surface area contributed by atoms with Gasteiger partial charge in [-0.1, -0.05) is 31.3 Å². The van der Waals surface area contributed by atoms with E-state index in [-0.39, 0.29) is 19.1 Å². The second kappa shape index (κ2) is 9.17. The van der Waals surface area contributed by atoms with Crippen molar-refractivity contribution in [3.63, 3.8) is 0 Å². The molecule has 0 unspecified atom stereocenters. The van der Waals surface area contributed by atoms with Gasteiger partial charge in [0.1, 0.15) is 6.61 Å². The monoisotopic (exact) mass is 289 g/mol. The first-order valence-corrected chi connectivity index (χ1v) is 7.25. The smallest absolute Gasteiger partial charge is 0.254 e. The summed E-state index contributed by atoms with van der Waals surface area (Å²) in [5.74, 6) is 5.37. The topological polar surface area (TPSA) is 60.8 Å². The number of aliphatic hydroxyl groups excluding tert-OH is 2. The normalized spacial score (nSPS) is 9.90. The maximum atomic E-state index is 12.6. The first-order chi connectivity index (χ1) is 10.2. The summed E-state index contributed by atoms with van der Waals surface area (Å²) in [5.41, 5.74) is 2.15. The quantitative estimate of drug-likeness (QED) is 0.782. The number of benzene rings is 1. The Kier molecular flexibility index (Phi) is 7.52.